The number of fused-ring (bicyclic) bond motifs is 1. The first-order chi connectivity index (χ1) is 16.7. The molecule has 0 amide bonds. The van der Waals surface area contributed by atoms with Gasteiger partial charge in [0.15, 0.2) is 16.6 Å². The van der Waals surface area contributed by atoms with Gasteiger partial charge >= 0.3 is 0 Å². The molecule has 0 radical (unpaired) electrons. The highest BCUT2D eigenvalue weighted by atomic mass is 28.4. The average molecular weight is 549 g/mol. The summed E-state index contributed by atoms with van der Waals surface area (Å²) in [6, 6.07) is 0. The fourth-order valence-electron chi connectivity index (χ4n) is 7.25. The summed E-state index contributed by atoms with van der Waals surface area (Å²) in [5, 5.41) is 0.388. The summed E-state index contributed by atoms with van der Waals surface area (Å²) < 4.78 is 13.9. The second kappa shape index (κ2) is 10.3. The maximum Gasteiger partial charge on any atom is 0.191 e. The molecule has 3 fully saturated rings. The van der Waals surface area contributed by atoms with Crippen molar-refractivity contribution in [1.29, 1.82) is 0 Å². The first-order valence-corrected chi connectivity index (χ1v) is 21.0. The summed E-state index contributed by atoms with van der Waals surface area (Å²) >= 11 is 0. The summed E-state index contributed by atoms with van der Waals surface area (Å²) in [5.41, 5.74) is 1.82. The van der Waals surface area contributed by atoms with Gasteiger partial charge in [-0.2, -0.15) is 0 Å². The van der Waals surface area contributed by atoms with E-state index >= 15 is 0 Å². The van der Waals surface area contributed by atoms with Gasteiger partial charge < -0.3 is 8.85 Å². The zero-order valence-electron chi connectivity index (χ0n) is 26.6. The largest absolute Gasteiger partial charge is 0.417 e. The molecule has 0 aromatic heterocycles. The van der Waals surface area contributed by atoms with E-state index in [2.05, 4.69) is 88.2 Å². The quantitative estimate of drug-likeness (QED) is 0.235. The third kappa shape index (κ3) is 5.95. The molecule has 0 aromatic carbocycles. The third-order valence-electron chi connectivity index (χ3n) is 12.5. The van der Waals surface area contributed by atoms with Gasteiger partial charge in [0.05, 0.1) is 0 Å². The second-order valence-electron chi connectivity index (χ2n) is 16.6. The van der Waals surface area contributed by atoms with Gasteiger partial charge in [-0.3, -0.25) is 4.79 Å². The minimum absolute atomic E-state index is 0.114. The Morgan fingerprint density at radius 3 is 1.92 bits per heavy atom. The maximum absolute atomic E-state index is 12.8. The molecule has 0 unspecified atom stereocenters. The Kier molecular flexibility index (Phi) is 8.72. The van der Waals surface area contributed by atoms with Crippen molar-refractivity contribution in [3.8, 4) is 0 Å². The van der Waals surface area contributed by atoms with E-state index in [1.165, 1.54) is 24.8 Å². The lowest BCUT2D eigenvalue weighted by Crippen LogP contribution is -2.54. The van der Waals surface area contributed by atoms with Gasteiger partial charge in [0.1, 0.15) is 5.78 Å². The van der Waals surface area contributed by atoms with E-state index < -0.39 is 16.6 Å². The van der Waals surface area contributed by atoms with E-state index in [1.807, 2.05) is 0 Å². The Labute approximate surface area is 232 Å². The maximum atomic E-state index is 12.8. The van der Waals surface area contributed by atoms with E-state index in [-0.39, 0.29) is 20.9 Å². The molecule has 5 heteroatoms. The van der Waals surface area contributed by atoms with Crippen molar-refractivity contribution in [1.82, 2.24) is 0 Å². The van der Waals surface area contributed by atoms with E-state index in [9.17, 15) is 4.79 Å². The average Bonchev–Trinajstić information content (AvgIpc) is 3.06. The predicted octanol–water partition coefficient (Wildman–Crippen LogP) is 9.40. The number of rotatable bonds is 7. The zero-order valence-corrected chi connectivity index (χ0v) is 28.6. The molecule has 0 heterocycles. The molecule has 0 aliphatic heterocycles. The molecule has 0 bridgehead atoms. The van der Waals surface area contributed by atoms with Crippen LogP contribution in [0.25, 0.3) is 0 Å². The minimum Gasteiger partial charge on any atom is -0.417 e. The van der Waals surface area contributed by atoms with Crippen molar-refractivity contribution in [2.24, 2.45) is 34.5 Å². The van der Waals surface area contributed by atoms with Gasteiger partial charge in [0.2, 0.25) is 0 Å². The van der Waals surface area contributed by atoms with Crippen molar-refractivity contribution in [3.63, 3.8) is 0 Å². The highest BCUT2D eigenvalue weighted by Gasteiger charge is 2.57. The molecule has 3 aliphatic carbocycles. The summed E-state index contributed by atoms with van der Waals surface area (Å²) in [7, 11) is -3.75. The molecule has 214 valence electrons. The molecule has 0 spiro atoms. The van der Waals surface area contributed by atoms with E-state index in [1.54, 1.807) is 0 Å². The summed E-state index contributed by atoms with van der Waals surface area (Å²) in [6.07, 6.45) is 7.29. The highest BCUT2D eigenvalue weighted by molar-refractivity contribution is 6.74. The van der Waals surface area contributed by atoms with Crippen LogP contribution in [0.15, 0.2) is 12.2 Å². The van der Waals surface area contributed by atoms with Crippen molar-refractivity contribution in [3.05, 3.63) is 12.2 Å². The lowest BCUT2D eigenvalue weighted by molar-refractivity contribution is -0.133. The minimum atomic E-state index is -1.89. The Morgan fingerprint density at radius 1 is 0.838 bits per heavy atom. The summed E-state index contributed by atoms with van der Waals surface area (Å²) in [5.74, 6) is 2.48. The number of carbonyl (C=O) groups excluding carboxylic acids is 1. The molecule has 0 aromatic rings. The number of Topliss-reactive ketones (excluding diaryl/α,β-unsaturated/α-hetero) is 1. The number of allylic oxidation sites excluding steroid dienone is 1. The highest BCUT2D eigenvalue weighted by Crippen LogP contribution is 2.63. The number of carbonyl (C=O) groups is 1. The molecular formula is C32H60O3Si2. The van der Waals surface area contributed by atoms with Crippen LogP contribution >= 0.6 is 0 Å². The van der Waals surface area contributed by atoms with Crippen LogP contribution < -0.4 is 0 Å². The molecule has 3 rings (SSSR count). The predicted molar refractivity (Wildman–Crippen MR) is 163 cm³/mol. The van der Waals surface area contributed by atoms with Gasteiger partial charge in [0, 0.05) is 26.1 Å². The fourth-order valence-corrected chi connectivity index (χ4v) is 9.35. The lowest BCUT2D eigenvalue weighted by Gasteiger charge is -2.57. The van der Waals surface area contributed by atoms with Crippen molar-refractivity contribution in [2.45, 2.75) is 137 Å². The van der Waals surface area contributed by atoms with Crippen molar-refractivity contribution in [2.75, 3.05) is 13.2 Å². The topological polar surface area (TPSA) is 35.5 Å². The third-order valence-corrected chi connectivity index (χ3v) is 21.5. The second-order valence-corrected chi connectivity index (χ2v) is 26.2. The molecular weight excluding hydrogens is 489 g/mol. The van der Waals surface area contributed by atoms with E-state index in [0.29, 0.717) is 35.9 Å². The van der Waals surface area contributed by atoms with Crippen LogP contribution in [0.4, 0.5) is 0 Å². The molecule has 3 aliphatic rings. The van der Waals surface area contributed by atoms with E-state index in [0.717, 1.165) is 32.5 Å². The SMILES string of the molecule is C=C1CC[C@H]2[C@H](CO[Si](C)(C)C(C)(C)C)[C@@H]([C@@]3(C)CCC(=O)C[C@@H]3CO[Si](C)(C)C(C)(C)C)CC[C@]12C. The van der Waals surface area contributed by atoms with Crippen LogP contribution in [0.5, 0.6) is 0 Å². The molecule has 3 nitrogen and oxygen atoms in total. The Balaban J connectivity index is 1.94. The van der Waals surface area contributed by atoms with Crippen LogP contribution in [0, 0.1) is 34.5 Å². The van der Waals surface area contributed by atoms with Crippen LogP contribution in [-0.2, 0) is 13.6 Å². The Hall–Kier alpha value is -0.236. The fraction of sp³-hybridized carbons (Fsp3) is 0.906. The zero-order chi connectivity index (χ0) is 28.2. The van der Waals surface area contributed by atoms with Gasteiger partial charge in [-0.15, -0.1) is 0 Å². The first-order valence-electron chi connectivity index (χ1n) is 15.1. The first kappa shape index (κ1) is 31.3. The summed E-state index contributed by atoms with van der Waals surface area (Å²) in [6.45, 7) is 34.7. The standard InChI is InChI=1S/C32H60O3Si2/c1-23-14-15-27-26(22-35-37(12,13)30(5,6)7)28(17-19-31(23,27)8)32(9)18-16-25(33)20-24(32)21-34-36(10,11)29(2,3)4/h24,26-28H,1,14-22H2,2-13H3/t24-,26+,27+,28+,31-,32+/m1/s1. The monoisotopic (exact) mass is 548 g/mol. The van der Waals surface area contributed by atoms with Gasteiger partial charge in [-0.05, 0) is 103 Å². The summed E-state index contributed by atoms with van der Waals surface area (Å²) in [4.78, 5) is 12.8. The molecule has 0 saturated heterocycles. The van der Waals surface area contributed by atoms with Crippen LogP contribution in [0.2, 0.25) is 36.3 Å². The Morgan fingerprint density at radius 2 is 1.38 bits per heavy atom. The Bertz CT molecular complexity index is 864. The van der Waals surface area contributed by atoms with Crippen molar-refractivity contribution < 1.29 is 13.6 Å². The molecule has 37 heavy (non-hydrogen) atoms. The van der Waals surface area contributed by atoms with Crippen LogP contribution in [0.3, 0.4) is 0 Å². The molecule has 3 saturated carbocycles. The van der Waals surface area contributed by atoms with Gasteiger partial charge in [-0.25, -0.2) is 0 Å². The number of hydrogen-bond donors (Lipinski definition) is 0. The van der Waals surface area contributed by atoms with Gasteiger partial charge in [0.25, 0.3) is 0 Å². The lowest BCUT2D eigenvalue weighted by atomic mass is 9.49. The number of hydrogen-bond acceptors (Lipinski definition) is 3. The molecule has 6 atom stereocenters. The molecule has 0 N–H and O–H groups in total. The van der Waals surface area contributed by atoms with Crippen LogP contribution in [-0.4, -0.2) is 35.6 Å². The van der Waals surface area contributed by atoms with Crippen molar-refractivity contribution >= 4 is 22.4 Å². The van der Waals surface area contributed by atoms with Gasteiger partial charge in [-0.1, -0.05) is 67.5 Å². The van der Waals surface area contributed by atoms with E-state index in [4.69, 9.17) is 8.85 Å². The smallest absolute Gasteiger partial charge is 0.191 e. The number of ketones is 1. The van der Waals surface area contributed by atoms with Crippen LogP contribution in [0.1, 0.15) is 100 Å². The normalized spacial score (nSPS) is 36.1.